The lowest BCUT2D eigenvalue weighted by atomic mass is 10.2. The third-order valence-corrected chi connectivity index (χ3v) is 2.72. The van der Waals surface area contributed by atoms with Crippen molar-refractivity contribution in [2.24, 2.45) is 0 Å². The summed E-state index contributed by atoms with van der Waals surface area (Å²) in [6, 6.07) is 8.97. The molecular weight excluding hydrogens is 270 g/mol. The van der Waals surface area contributed by atoms with Gasteiger partial charge in [0.1, 0.15) is 6.61 Å². The van der Waals surface area contributed by atoms with Crippen molar-refractivity contribution in [3.63, 3.8) is 0 Å². The van der Waals surface area contributed by atoms with E-state index in [0.29, 0.717) is 18.1 Å². The third kappa shape index (κ3) is 4.35. The van der Waals surface area contributed by atoms with E-state index in [9.17, 15) is 4.79 Å². The maximum Gasteiger partial charge on any atom is 0.328 e. The van der Waals surface area contributed by atoms with Gasteiger partial charge < -0.3 is 14.6 Å². The van der Waals surface area contributed by atoms with Crippen molar-refractivity contribution >= 4 is 12.0 Å². The predicted molar refractivity (Wildman–Crippen MR) is 78.2 cm³/mol. The summed E-state index contributed by atoms with van der Waals surface area (Å²) in [5.41, 5.74) is 1.66. The fraction of sp³-hybridized carbons (Fsp3) is 0.125. The van der Waals surface area contributed by atoms with Crippen molar-refractivity contribution in [3.05, 3.63) is 59.9 Å². The first-order valence-electron chi connectivity index (χ1n) is 6.30. The largest absolute Gasteiger partial charge is 0.493 e. The highest BCUT2D eigenvalue weighted by atomic mass is 16.5. The van der Waals surface area contributed by atoms with Gasteiger partial charge in [-0.25, -0.2) is 4.79 Å². The predicted octanol–water partition coefficient (Wildman–Crippen LogP) is 2.77. The normalized spacial score (nSPS) is 10.5. The van der Waals surface area contributed by atoms with Crippen LogP contribution in [0.5, 0.6) is 11.5 Å². The number of aromatic nitrogens is 1. The van der Waals surface area contributed by atoms with Crippen molar-refractivity contribution in [2.45, 2.75) is 6.61 Å². The zero-order valence-electron chi connectivity index (χ0n) is 11.5. The number of methoxy groups -OCH3 is 1. The molecule has 1 aromatic heterocycles. The zero-order valence-corrected chi connectivity index (χ0v) is 11.5. The van der Waals surface area contributed by atoms with E-state index < -0.39 is 5.97 Å². The smallest absolute Gasteiger partial charge is 0.328 e. The number of carboxylic acid groups (broad SMARTS) is 1. The molecular formula is C16H15NO4. The second-order valence-electron chi connectivity index (χ2n) is 4.23. The van der Waals surface area contributed by atoms with Crippen LogP contribution in [0.1, 0.15) is 11.1 Å². The van der Waals surface area contributed by atoms with Gasteiger partial charge in [-0.2, -0.15) is 0 Å². The molecule has 1 N–H and O–H groups in total. The molecule has 0 aliphatic carbocycles. The number of nitrogens with zero attached hydrogens (tertiary/aromatic N) is 1. The maximum atomic E-state index is 10.5. The lowest BCUT2D eigenvalue weighted by molar-refractivity contribution is -0.131. The van der Waals surface area contributed by atoms with Crippen molar-refractivity contribution in [2.75, 3.05) is 7.11 Å². The van der Waals surface area contributed by atoms with Crippen LogP contribution in [0.3, 0.4) is 0 Å². The summed E-state index contributed by atoms with van der Waals surface area (Å²) < 4.78 is 10.9. The number of aliphatic carboxylic acids is 1. The Morgan fingerprint density at radius 1 is 1.33 bits per heavy atom. The van der Waals surface area contributed by atoms with E-state index in [2.05, 4.69) is 4.98 Å². The van der Waals surface area contributed by atoms with Crippen LogP contribution in [0.2, 0.25) is 0 Å². The van der Waals surface area contributed by atoms with Gasteiger partial charge >= 0.3 is 5.97 Å². The molecule has 0 atom stereocenters. The lowest BCUT2D eigenvalue weighted by Gasteiger charge is -2.11. The molecule has 0 bridgehead atoms. The maximum absolute atomic E-state index is 10.5. The number of hydrogen-bond donors (Lipinski definition) is 1. The fourth-order valence-corrected chi connectivity index (χ4v) is 1.72. The molecule has 0 unspecified atom stereocenters. The molecule has 0 fully saturated rings. The van der Waals surface area contributed by atoms with E-state index in [1.807, 2.05) is 12.1 Å². The SMILES string of the molecule is COc1ccc(/C=C/C(=O)O)cc1OCc1cccnc1. The van der Waals surface area contributed by atoms with Gasteiger partial charge in [0.05, 0.1) is 7.11 Å². The molecule has 0 saturated heterocycles. The third-order valence-electron chi connectivity index (χ3n) is 2.72. The minimum atomic E-state index is -0.997. The average Bonchev–Trinajstić information content (AvgIpc) is 2.52. The van der Waals surface area contributed by atoms with Crippen molar-refractivity contribution in [3.8, 4) is 11.5 Å². The Hall–Kier alpha value is -2.82. The fourth-order valence-electron chi connectivity index (χ4n) is 1.72. The second kappa shape index (κ2) is 7.09. The zero-order chi connectivity index (χ0) is 15.1. The molecule has 0 radical (unpaired) electrons. The molecule has 1 heterocycles. The topological polar surface area (TPSA) is 68.7 Å². The van der Waals surface area contributed by atoms with Gasteiger partial charge in [0.25, 0.3) is 0 Å². The molecule has 5 heteroatoms. The van der Waals surface area contributed by atoms with E-state index in [4.69, 9.17) is 14.6 Å². The quantitative estimate of drug-likeness (QED) is 0.826. The second-order valence-corrected chi connectivity index (χ2v) is 4.23. The number of pyridine rings is 1. The highest BCUT2D eigenvalue weighted by Gasteiger charge is 2.05. The minimum absolute atomic E-state index is 0.357. The molecule has 0 aliphatic heterocycles. The number of rotatable bonds is 6. The summed E-state index contributed by atoms with van der Waals surface area (Å²) in [6.45, 7) is 0.357. The first-order valence-corrected chi connectivity index (χ1v) is 6.30. The van der Waals surface area contributed by atoms with E-state index in [0.717, 1.165) is 17.2 Å². The molecule has 2 rings (SSSR count). The Labute approximate surface area is 122 Å². The summed E-state index contributed by atoms with van der Waals surface area (Å²) in [7, 11) is 1.55. The molecule has 108 valence electrons. The van der Waals surface area contributed by atoms with Crippen LogP contribution >= 0.6 is 0 Å². The number of carboxylic acids is 1. The van der Waals surface area contributed by atoms with Crippen LogP contribution in [0.15, 0.2) is 48.8 Å². The molecule has 5 nitrogen and oxygen atoms in total. The lowest BCUT2D eigenvalue weighted by Crippen LogP contribution is -1.98. The van der Waals surface area contributed by atoms with Gasteiger partial charge in [0.15, 0.2) is 11.5 Å². The summed E-state index contributed by atoms with van der Waals surface area (Å²) in [5, 5.41) is 8.65. The van der Waals surface area contributed by atoms with Crippen LogP contribution < -0.4 is 9.47 Å². The molecule has 2 aromatic rings. The molecule has 0 amide bonds. The number of benzene rings is 1. The Morgan fingerprint density at radius 3 is 2.86 bits per heavy atom. The van der Waals surface area contributed by atoms with Gasteiger partial charge in [-0.1, -0.05) is 12.1 Å². The molecule has 21 heavy (non-hydrogen) atoms. The van der Waals surface area contributed by atoms with Gasteiger partial charge in [-0.15, -0.1) is 0 Å². The summed E-state index contributed by atoms with van der Waals surface area (Å²) >= 11 is 0. The van der Waals surface area contributed by atoms with E-state index in [1.54, 1.807) is 37.7 Å². The van der Waals surface area contributed by atoms with E-state index in [1.165, 1.54) is 6.08 Å². The minimum Gasteiger partial charge on any atom is -0.493 e. The Kier molecular flexibility index (Phi) is 4.93. The van der Waals surface area contributed by atoms with Crippen molar-refractivity contribution < 1.29 is 19.4 Å². The van der Waals surface area contributed by atoms with Gasteiger partial charge in [0, 0.05) is 24.0 Å². The average molecular weight is 285 g/mol. The van der Waals surface area contributed by atoms with Crippen LogP contribution in [0.4, 0.5) is 0 Å². The van der Waals surface area contributed by atoms with Crippen molar-refractivity contribution in [1.29, 1.82) is 0 Å². The Bertz CT molecular complexity index is 638. The van der Waals surface area contributed by atoms with Crippen LogP contribution in [0.25, 0.3) is 6.08 Å². The summed E-state index contributed by atoms with van der Waals surface area (Å²) in [5.74, 6) is 0.143. The number of ether oxygens (including phenoxy) is 2. The van der Waals surface area contributed by atoms with Gasteiger partial charge in [-0.05, 0) is 29.8 Å². The highest BCUT2D eigenvalue weighted by Crippen LogP contribution is 2.29. The first kappa shape index (κ1) is 14.6. The van der Waals surface area contributed by atoms with E-state index >= 15 is 0 Å². The molecule has 0 saturated carbocycles. The summed E-state index contributed by atoms with van der Waals surface area (Å²) in [6.07, 6.45) is 5.99. The summed E-state index contributed by atoms with van der Waals surface area (Å²) in [4.78, 5) is 14.6. The van der Waals surface area contributed by atoms with Crippen LogP contribution in [0, 0.1) is 0 Å². The number of hydrogen-bond acceptors (Lipinski definition) is 4. The highest BCUT2D eigenvalue weighted by molar-refractivity contribution is 5.85. The van der Waals surface area contributed by atoms with E-state index in [-0.39, 0.29) is 0 Å². The molecule has 0 spiro atoms. The van der Waals surface area contributed by atoms with Crippen LogP contribution in [-0.4, -0.2) is 23.2 Å². The van der Waals surface area contributed by atoms with Gasteiger partial charge in [-0.3, -0.25) is 4.98 Å². The molecule has 1 aromatic carbocycles. The molecule has 0 aliphatic rings. The van der Waals surface area contributed by atoms with Crippen molar-refractivity contribution in [1.82, 2.24) is 4.98 Å². The standard InChI is InChI=1S/C16H15NO4/c1-20-14-6-4-12(5-7-16(18)19)9-15(14)21-11-13-3-2-8-17-10-13/h2-10H,11H2,1H3,(H,18,19)/b7-5+. The Morgan fingerprint density at radius 2 is 2.19 bits per heavy atom. The Balaban J connectivity index is 2.16. The monoisotopic (exact) mass is 285 g/mol. The first-order chi connectivity index (χ1) is 10.2. The number of carbonyl (C=O) groups is 1. The van der Waals surface area contributed by atoms with Gasteiger partial charge in [0.2, 0.25) is 0 Å². The van der Waals surface area contributed by atoms with Crippen LogP contribution in [-0.2, 0) is 11.4 Å².